The van der Waals surface area contributed by atoms with Gasteiger partial charge >= 0.3 is 5.95 Å². The summed E-state index contributed by atoms with van der Waals surface area (Å²) in [6.45, 7) is 5.61. The van der Waals surface area contributed by atoms with E-state index >= 15 is 0 Å². The molecule has 0 amide bonds. The lowest BCUT2D eigenvalue weighted by molar-refractivity contribution is -0.644. The quantitative estimate of drug-likeness (QED) is 0.343. The van der Waals surface area contributed by atoms with Gasteiger partial charge < -0.3 is 12.4 Å². The monoisotopic (exact) mass is 419 g/mol. The molecule has 0 unspecified atom stereocenters. The molecule has 1 aromatic carbocycles. The van der Waals surface area contributed by atoms with Crippen LogP contribution in [0.5, 0.6) is 0 Å². The highest BCUT2D eigenvalue weighted by Gasteiger charge is 2.27. The number of benzene rings is 1. The van der Waals surface area contributed by atoms with Crippen LogP contribution in [-0.2, 0) is 13.1 Å². The first-order valence-electron chi connectivity index (χ1n) is 12.2. The van der Waals surface area contributed by atoms with Gasteiger partial charge in [0.25, 0.3) is 0 Å². The van der Waals surface area contributed by atoms with Crippen LogP contribution in [0.15, 0.2) is 24.3 Å². The number of unbranched alkanes of at least 4 members (excludes halogenated alkanes) is 13. The Labute approximate surface area is 184 Å². The van der Waals surface area contributed by atoms with Crippen LogP contribution in [0, 0.1) is 0 Å². The van der Waals surface area contributed by atoms with Crippen LogP contribution in [0.25, 0.3) is 11.0 Å². The molecule has 4 heteroatoms. The molecule has 0 aliphatic carbocycles. The van der Waals surface area contributed by atoms with Gasteiger partial charge in [0, 0.05) is 0 Å². The summed E-state index contributed by atoms with van der Waals surface area (Å²) in [5.74, 6) is 1.32. The van der Waals surface area contributed by atoms with Crippen molar-refractivity contribution in [1.82, 2.24) is 4.57 Å². The van der Waals surface area contributed by atoms with E-state index in [0.717, 1.165) is 19.6 Å². The molecule has 2 aromatic rings. The molecule has 3 rings (SSSR count). The predicted octanol–water partition coefficient (Wildman–Crippen LogP) is 3.84. The van der Waals surface area contributed by atoms with Crippen molar-refractivity contribution in [1.29, 1.82) is 0 Å². The number of rotatable bonds is 15. The number of anilines is 1. The Hall–Kier alpha value is -1.22. The Morgan fingerprint density at radius 3 is 1.97 bits per heavy atom. The maximum Gasteiger partial charge on any atom is 0.358 e. The SMILES string of the molecule is CCCCCCCCCCCCCCCCn1c2[n+](c3ccccc31)CCN2.[Cl-]. The maximum absolute atomic E-state index is 3.58. The number of halogens is 1. The van der Waals surface area contributed by atoms with Crippen LogP contribution >= 0.6 is 0 Å². The van der Waals surface area contributed by atoms with E-state index in [9.17, 15) is 0 Å². The Morgan fingerprint density at radius 1 is 0.793 bits per heavy atom. The second-order valence-electron chi connectivity index (χ2n) is 8.64. The fraction of sp³-hybridized carbons (Fsp3) is 0.720. The van der Waals surface area contributed by atoms with Crippen LogP contribution in [-0.4, -0.2) is 11.1 Å². The molecule has 0 spiro atoms. The van der Waals surface area contributed by atoms with Crippen molar-refractivity contribution < 1.29 is 17.0 Å². The number of fused-ring (bicyclic) bond motifs is 3. The zero-order valence-corrected chi connectivity index (χ0v) is 19.4. The Morgan fingerprint density at radius 2 is 1.34 bits per heavy atom. The van der Waals surface area contributed by atoms with Gasteiger partial charge in [-0.2, -0.15) is 0 Å². The number of aromatic nitrogens is 2. The normalized spacial score (nSPS) is 12.7. The van der Waals surface area contributed by atoms with E-state index in [1.807, 2.05) is 0 Å². The van der Waals surface area contributed by atoms with Gasteiger partial charge in [-0.1, -0.05) is 103 Å². The number of nitrogens with one attached hydrogen (secondary N) is 1. The number of aryl methyl sites for hydroxylation is 1. The van der Waals surface area contributed by atoms with E-state index in [-0.39, 0.29) is 12.4 Å². The number of hydrogen-bond donors (Lipinski definition) is 1. The molecule has 0 saturated carbocycles. The molecule has 2 heterocycles. The van der Waals surface area contributed by atoms with Gasteiger partial charge in [-0.05, 0) is 18.6 Å². The van der Waals surface area contributed by atoms with Gasteiger partial charge in [-0.3, -0.25) is 5.32 Å². The van der Waals surface area contributed by atoms with Gasteiger partial charge in [0.1, 0.15) is 17.6 Å². The minimum atomic E-state index is 0. The molecular weight excluding hydrogens is 378 g/mol. The molecule has 0 radical (unpaired) electrons. The smallest absolute Gasteiger partial charge is 0.358 e. The van der Waals surface area contributed by atoms with Crippen LogP contribution in [0.3, 0.4) is 0 Å². The fourth-order valence-corrected chi connectivity index (χ4v) is 4.68. The maximum atomic E-state index is 3.58. The van der Waals surface area contributed by atoms with E-state index < -0.39 is 0 Å². The van der Waals surface area contributed by atoms with Gasteiger partial charge in [0.15, 0.2) is 0 Å². The second-order valence-corrected chi connectivity index (χ2v) is 8.64. The van der Waals surface area contributed by atoms with Crippen molar-refractivity contribution in [3.8, 4) is 0 Å². The summed E-state index contributed by atoms with van der Waals surface area (Å²) < 4.78 is 4.95. The standard InChI is InChI=1S/C25H41N3.ClH/c1-2-3-4-5-6-7-8-9-10-11-12-13-14-17-21-27-23-18-15-16-19-24(23)28-22-20-26-25(27)28;/h15-16,18-19H,2-14,17,20-22H2,1H3;1H. The first kappa shape index (κ1) is 24.1. The summed E-state index contributed by atoms with van der Waals surface area (Å²) in [5.41, 5.74) is 2.77. The zero-order chi connectivity index (χ0) is 19.4. The molecule has 0 bridgehead atoms. The highest BCUT2D eigenvalue weighted by Crippen LogP contribution is 2.21. The van der Waals surface area contributed by atoms with Gasteiger partial charge in [0.2, 0.25) is 0 Å². The largest absolute Gasteiger partial charge is 1.00 e. The zero-order valence-electron chi connectivity index (χ0n) is 18.6. The molecule has 1 N–H and O–H groups in total. The summed E-state index contributed by atoms with van der Waals surface area (Å²) >= 11 is 0. The molecule has 0 fully saturated rings. The third kappa shape index (κ3) is 7.20. The number of para-hydroxylation sites is 2. The average Bonchev–Trinajstić information content (AvgIpc) is 3.30. The van der Waals surface area contributed by atoms with E-state index in [0.29, 0.717) is 0 Å². The van der Waals surface area contributed by atoms with E-state index in [2.05, 4.69) is 45.6 Å². The van der Waals surface area contributed by atoms with E-state index in [1.54, 1.807) is 0 Å². The van der Waals surface area contributed by atoms with Crippen LogP contribution < -0.4 is 22.3 Å². The fourth-order valence-electron chi connectivity index (χ4n) is 4.68. The van der Waals surface area contributed by atoms with E-state index in [4.69, 9.17) is 0 Å². The molecule has 0 atom stereocenters. The number of hydrogen-bond acceptors (Lipinski definition) is 1. The van der Waals surface area contributed by atoms with Crippen molar-refractivity contribution in [2.45, 2.75) is 110 Å². The van der Waals surface area contributed by atoms with Gasteiger partial charge in [0.05, 0.1) is 13.1 Å². The van der Waals surface area contributed by atoms with Crippen molar-refractivity contribution in [3.63, 3.8) is 0 Å². The molecule has 1 aliphatic heterocycles. The average molecular weight is 420 g/mol. The lowest BCUT2D eigenvalue weighted by Crippen LogP contribution is -3.00. The summed E-state index contributed by atoms with van der Waals surface area (Å²) in [5, 5.41) is 3.58. The summed E-state index contributed by atoms with van der Waals surface area (Å²) in [4.78, 5) is 0. The first-order valence-corrected chi connectivity index (χ1v) is 12.2. The number of nitrogens with zero attached hydrogens (tertiary/aromatic N) is 2. The van der Waals surface area contributed by atoms with Crippen molar-refractivity contribution in [2.24, 2.45) is 0 Å². The van der Waals surface area contributed by atoms with Crippen LogP contribution in [0.2, 0.25) is 0 Å². The topological polar surface area (TPSA) is 20.8 Å². The minimum absolute atomic E-state index is 0. The highest BCUT2D eigenvalue weighted by atomic mass is 35.5. The van der Waals surface area contributed by atoms with Crippen molar-refractivity contribution in [3.05, 3.63) is 24.3 Å². The minimum Gasteiger partial charge on any atom is -1.00 e. The third-order valence-electron chi connectivity index (χ3n) is 6.33. The van der Waals surface area contributed by atoms with Crippen molar-refractivity contribution >= 4 is 17.0 Å². The first-order chi connectivity index (χ1) is 13.9. The van der Waals surface area contributed by atoms with Gasteiger partial charge in [-0.25, -0.2) is 9.13 Å². The molecule has 1 aliphatic rings. The predicted molar refractivity (Wildman–Crippen MR) is 121 cm³/mol. The van der Waals surface area contributed by atoms with Crippen LogP contribution in [0.4, 0.5) is 5.95 Å². The Balaban J connectivity index is 0.00000300. The summed E-state index contributed by atoms with van der Waals surface area (Å²) in [6, 6.07) is 8.85. The third-order valence-corrected chi connectivity index (χ3v) is 6.33. The van der Waals surface area contributed by atoms with Crippen molar-refractivity contribution in [2.75, 3.05) is 11.9 Å². The Kier molecular flexibility index (Phi) is 11.5. The number of imidazole rings is 1. The molecule has 0 saturated heterocycles. The Bertz CT molecular complexity index is 695. The second kappa shape index (κ2) is 13.9. The summed E-state index contributed by atoms with van der Waals surface area (Å²) in [6.07, 6.45) is 19.9. The highest BCUT2D eigenvalue weighted by molar-refractivity contribution is 5.74. The molecule has 1 aromatic heterocycles. The lowest BCUT2D eigenvalue weighted by Gasteiger charge is -2.04. The van der Waals surface area contributed by atoms with Crippen LogP contribution in [0.1, 0.15) is 96.8 Å². The molecule has 3 nitrogen and oxygen atoms in total. The molecular formula is C25H42ClN3. The lowest BCUT2D eigenvalue weighted by atomic mass is 10.0. The van der Waals surface area contributed by atoms with Gasteiger partial charge in [-0.15, -0.1) is 0 Å². The molecule has 29 heavy (non-hydrogen) atoms. The van der Waals surface area contributed by atoms with E-state index in [1.165, 1.54) is 107 Å². The summed E-state index contributed by atoms with van der Waals surface area (Å²) in [7, 11) is 0. The molecule has 164 valence electrons.